The third-order valence-corrected chi connectivity index (χ3v) is 6.95. The molecule has 0 N–H and O–H groups in total. The lowest BCUT2D eigenvalue weighted by atomic mass is 9.94. The van der Waals surface area contributed by atoms with E-state index in [0.717, 1.165) is 44.5 Å². The van der Waals surface area contributed by atoms with Crippen LogP contribution in [0.25, 0.3) is 0 Å². The first-order chi connectivity index (χ1) is 12.3. The van der Waals surface area contributed by atoms with Crippen LogP contribution in [0.2, 0.25) is 0 Å². The van der Waals surface area contributed by atoms with E-state index >= 15 is 0 Å². The number of benzene rings is 1. The number of piperazine rings is 1. The van der Waals surface area contributed by atoms with E-state index in [1.165, 1.54) is 42.7 Å². The first-order valence-corrected chi connectivity index (χ1v) is 10.8. The SMILES string of the molecule is O=C(CN1CCSc2ccccc21)N1CCN(C2CCCCC2)CC1. The van der Waals surface area contributed by atoms with Gasteiger partial charge in [0.15, 0.2) is 0 Å². The molecule has 25 heavy (non-hydrogen) atoms. The van der Waals surface area contributed by atoms with Gasteiger partial charge >= 0.3 is 0 Å². The van der Waals surface area contributed by atoms with Crippen molar-refractivity contribution < 1.29 is 4.79 Å². The summed E-state index contributed by atoms with van der Waals surface area (Å²) in [5.41, 5.74) is 1.23. The highest BCUT2D eigenvalue weighted by atomic mass is 32.2. The molecular weight excluding hydrogens is 330 g/mol. The smallest absolute Gasteiger partial charge is 0.242 e. The Kier molecular flexibility index (Phi) is 5.51. The fraction of sp³-hybridized carbons (Fsp3) is 0.650. The van der Waals surface area contributed by atoms with E-state index in [-0.39, 0.29) is 0 Å². The summed E-state index contributed by atoms with van der Waals surface area (Å²) < 4.78 is 0. The van der Waals surface area contributed by atoms with Crippen LogP contribution in [-0.4, -0.2) is 66.8 Å². The first-order valence-electron chi connectivity index (χ1n) is 9.80. The number of anilines is 1. The van der Waals surface area contributed by atoms with E-state index in [2.05, 4.69) is 39.0 Å². The molecule has 3 aliphatic rings. The second kappa shape index (κ2) is 8.00. The lowest BCUT2D eigenvalue weighted by Crippen LogP contribution is -2.54. The standard InChI is InChI=1S/C20H29N3OS/c24-20(16-23-14-15-25-19-9-5-4-8-18(19)23)22-12-10-21(11-13-22)17-6-2-1-3-7-17/h4-5,8-9,17H,1-3,6-7,10-16H2. The summed E-state index contributed by atoms with van der Waals surface area (Å²) in [5.74, 6) is 1.37. The van der Waals surface area contributed by atoms with Crippen LogP contribution >= 0.6 is 11.8 Å². The average molecular weight is 360 g/mol. The lowest BCUT2D eigenvalue weighted by molar-refractivity contribution is -0.131. The number of amides is 1. The number of hydrogen-bond acceptors (Lipinski definition) is 4. The lowest BCUT2D eigenvalue weighted by Gasteiger charge is -2.41. The van der Waals surface area contributed by atoms with Gasteiger partial charge in [0, 0.05) is 49.4 Å². The summed E-state index contributed by atoms with van der Waals surface area (Å²) in [4.78, 5) is 21.1. The molecule has 0 bridgehead atoms. The molecule has 0 atom stereocenters. The Morgan fingerprint density at radius 2 is 1.76 bits per heavy atom. The van der Waals surface area contributed by atoms with Crippen LogP contribution < -0.4 is 4.90 Å². The predicted octanol–water partition coefficient (Wildman–Crippen LogP) is 3.08. The van der Waals surface area contributed by atoms with E-state index < -0.39 is 0 Å². The van der Waals surface area contributed by atoms with E-state index in [4.69, 9.17) is 0 Å². The Balaban J connectivity index is 1.31. The summed E-state index contributed by atoms with van der Waals surface area (Å²) >= 11 is 1.90. The first kappa shape index (κ1) is 17.2. The maximum atomic E-state index is 12.8. The Labute approximate surface area is 155 Å². The molecule has 0 aromatic heterocycles. The zero-order chi connectivity index (χ0) is 17.1. The fourth-order valence-corrected chi connectivity index (χ4v) is 5.49. The molecule has 1 saturated carbocycles. The van der Waals surface area contributed by atoms with E-state index in [1.54, 1.807) is 0 Å². The summed E-state index contributed by atoms with van der Waals surface area (Å²) in [7, 11) is 0. The van der Waals surface area contributed by atoms with Gasteiger partial charge in [-0.05, 0) is 25.0 Å². The number of thioether (sulfide) groups is 1. The fourth-order valence-electron chi connectivity index (χ4n) is 4.44. The molecule has 0 unspecified atom stereocenters. The van der Waals surface area contributed by atoms with Crippen LogP contribution in [0.3, 0.4) is 0 Å². The Morgan fingerprint density at radius 3 is 2.56 bits per heavy atom. The molecule has 2 heterocycles. The van der Waals surface area contributed by atoms with Crippen molar-refractivity contribution in [2.45, 2.75) is 43.0 Å². The number of nitrogens with zero attached hydrogens (tertiary/aromatic N) is 3. The third-order valence-electron chi connectivity index (χ3n) is 5.91. The maximum absolute atomic E-state index is 12.8. The zero-order valence-corrected chi connectivity index (χ0v) is 15.8. The van der Waals surface area contributed by atoms with Crippen LogP contribution in [0.4, 0.5) is 5.69 Å². The van der Waals surface area contributed by atoms with Crippen molar-refractivity contribution >= 4 is 23.4 Å². The second-order valence-corrected chi connectivity index (χ2v) is 8.58. The van der Waals surface area contributed by atoms with Crippen molar-refractivity contribution in [1.29, 1.82) is 0 Å². The van der Waals surface area contributed by atoms with Gasteiger partial charge in [-0.25, -0.2) is 0 Å². The van der Waals surface area contributed by atoms with Crippen LogP contribution in [0.5, 0.6) is 0 Å². The van der Waals surface area contributed by atoms with E-state index in [0.29, 0.717) is 12.5 Å². The summed E-state index contributed by atoms with van der Waals surface area (Å²) in [6.45, 7) is 5.42. The summed E-state index contributed by atoms with van der Waals surface area (Å²) in [6, 6.07) is 9.25. The van der Waals surface area contributed by atoms with Crippen LogP contribution in [0.15, 0.2) is 29.2 Å². The normalized spacial score (nSPS) is 22.7. The van der Waals surface area contributed by atoms with Gasteiger partial charge in [-0.3, -0.25) is 9.69 Å². The van der Waals surface area contributed by atoms with Gasteiger partial charge in [0.2, 0.25) is 5.91 Å². The van der Waals surface area contributed by atoms with Crippen molar-refractivity contribution in [1.82, 2.24) is 9.80 Å². The van der Waals surface area contributed by atoms with Gasteiger partial charge in [0.05, 0.1) is 12.2 Å². The molecule has 1 aromatic carbocycles. The minimum absolute atomic E-state index is 0.296. The predicted molar refractivity (Wildman–Crippen MR) is 104 cm³/mol. The highest BCUT2D eigenvalue weighted by Gasteiger charge is 2.28. The number of carbonyl (C=O) groups is 1. The topological polar surface area (TPSA) is 26.8 Å². The molecule has 0 spiro atoms. The van der Waals surface area contributed by atoms with Crippen molar-refractivity contribution in [2.75, 3.05) is 49.9 Å². The molecule has 4 nitrogen and oxygen atoms in total. The molecule has 2 aliphatic heterocycles. The van der Waals surface area contributed by atoms with Gasteiger partial charge in [-0.2, -0.15) is 0 Å². The number of hydrogen-bond donors (Lipinski definition) is 0. The van der Waals surface area contributed by atoms with E-state index in [9.17, 15) is 4.79 Å². The Bertz CT molecular complexity index is 594. The molecule has 1 saturated heterocycles. The third kappa shape index (κ3) is 3.98. The largest absolute Gasteiger partial charge is 0.360 e. The quantitative estimate of drug-likeness (QED) is 0.829. The van der Waals surface area contributed by atoms with Gasteiger partial charge in [-0.1, -0.05) is 31.4 Å². The Hall–Kier alpha value is -1.20. The highest BCUT2D eigenvalue weighted by Crippen LogP contribution is 2.34. The number of carbonyl (C=O) groups excluding carboxylic acids is 1. The molecule has 4 rings (SSSR count). The van der Waals surface area contributed by atoms with Crippen LogP contribution in [0.1, 0.15) is 32.1 Å². The van der Waals surface area contributed by atoms with Crippen LogP contribution in [0, 0.1) is 0 Å². The average Bonchev–Trinajstić information content (AvgIpc) is 2.69. The molecule has 1 aliphatic carbocycles. The number of rotatable bonds is 3. The maximum Gasteiger partial charge on any atom is 0.242 e. The molecule has 136 valence electrons. The molecule has 2 fully saturated rings. The molecule has 5 heteroatoms. The van der Waals surface area contributed by atoms with Gasteiger partial charge in [0.1, 0.15) is 0 Å². The number of para-hydroxylation sites is 1. The number of fused-ring (bicyclic) bond motifs is 1. The van der Waals surface area contributed by atoms with Crippen molar-refractivity contribution in [3.8, 4) is 0 Å². The highest BCUT2D eigenvalue weighted by molar-refractivity contribution is 7.99. The Morgan fingerprint density at radius 1 is 1.00 bits per heavy atom. The minimum atomic E-state index is 0.296. The van der Waals surface area contributed by atoms with Gasteiger partial charge in [0.25, 0.3) is 0 Å². The summed E-state index contributed by atoms with van der Waals surface area (Å²) in [6.07, 6.45) is 6.89. The van der Waals surface area contributed by atoms with Crippen LogP contribution in [-0.2, 0) is 4.79 Å². The molecule has 1 amide bonds. The van der Waals surface area contributed by atoms with Gasteiger partial charge < -0.3 is 9.80 Å². The molecule has 0 radical (unpaired) electrons. The minimum Gasteiger partial charge on any atom is -0.360 e. The molecule has 1 aromatic rings. The van der Waals surface area contributed by atoms with Crippen molar-refractivity contribution in [2.24, 2.45) is 0 Å². The summed E-state index contributed by atoms with van der Waals surface area (Å²) in [5, 5.41) is 0. The zero-order valence-electron chi connectivity index (χ0n) is 15.0. The van der Waals surface area contributed by atoms with E-state index in [1.807, 2.05) is 11.8 Å². The van der Waals surface area contributed by atoms with Crippen molar-refractivity contribution in [3.05, 3.63) is 24.3 Å². The van der Waals surface area contributed by atoms with Gasteiger partial charge in [-0.15, -0.1) is 11.8 Å². The monoisotopic (exact) mass is 359 g/mol. The second-order valence-electron chi connectivity index (χ2n) is 7.45. The van der Waals surface area contributed by atoms with Crippen molar-refractivity contribution in [3.63, 3.8) is 0 Å². The molecular formula is C20H29N3OS.